The van der Waals surface area contributed by atoms with E-state index in [0.29, 0.717) is 13.2 Å². The van der Waals surface area contributed by atoms with Crippen LogP contribution < -0.4 is 0 Å². The van der Waals surface area contributed by atoms with Gasteiger partial charge in [0.25, 0.3) is 0 Å². The van der Waals surface area contributed by atoms with Gasteiger partial charge in [-0.2, -0.15) is 0 Å². The van der Waals surface area contributed by atoms with Gasteiger partial charge in [-0.25, -0.2) is 0 Å². The van der Waals surface area contributed by atoms with Crippen molar-refractivity contribution in [2.75, 3.05) is 26.2 Å². The van der Waals surface area contributed by atoms with Gasteiger partial charge in [-0.1, -0.05) is 26.2 Å². The fourth-order valence-corrected chi connectivity index (χ4v) is 4.00. The van der Waals surface area contributed by atoms with E-state index in [0.717, 1.165) is 50.6 Å². The molecule has 0 aromatic rings. The van der Waals surface area contributed by atoms with E-state index >= 15 is 0 Å². The number of aliphatic hydroxyl groups is 1. The molecule has 0 spiro atoms. The van der Waals surface area contributed by atoms with Crippen LogP contribution in [0.15, 0.2) is 0 Å². The van der Waals surface area contributed by atoms with Crippen molar-refractivity contribution in [1.82, 2.24) is 4.90 Å². The lowest BCUT2D eigenvalue weighted by Gasteiger charge is -2.37. The van der Waals surface area contributed by atoms with E-state index in [-0.39, 0.29) is 0 Å². The van der Waals surface area contributed by atoms with E-state index in [2.05, 4.69) is 24.7 Å². The first-order valence-electron chi connectivity index (χ1n) is 8.55. The predicted molar refractivity (Wildman–Crippen MR) is 86.0 cm³/mol. The molecule has 0 aromatic carbocycles. The highest BCUT2D eigenvalue weighted by atomic mass is 16.5. The Morgan fingerprint density at radius 2 is 1.86 bits per heavy atom. The lowest BCUT2D eigenvalue weighted by atomic mass is 9.85. The van der Waals surface area contributed by atoms with Crippen LogP contribution in [0.4, 0.5) is 0 Å². The Balaban J connectivity index is 1.76. The summed E-state index contributed by atoms with van der Waals surface area (Å²) in [5.74, 6) is 4.28. The van der Waals surface area contributed by atoms with Crippen molar-refractivity contribution < 1.29 is 9.84 Å². The first kappa shape index (κ1) is 16.8. The van der Waals surface area contributed by atoms with Gasteiger partial charge in [-0.3, -0.25) is 0 Å². The molecule has 3 atom stereocenters. The lowest BCUT2D eigenvalue weighted by molar-refractivity contribution is -0.0723. The zero-order valence-electron chi connectivity index (χ0n) is 13.7. The Morgan fingerprint density at radius 3 is 2.43 bits per heavy atom. The number of ether oxygens (including phenoxy) is 1. The van der Waals surface area contributed by atoms with Crippen LogP contribution in [0.5, 0.6) is 0 Å². The molecule has 3 nitrogen and oxygen atoms in total. The molecule has 0 aromatic heterocycles. The second-order valence-electron chi connectivity index (χ2n) is 7.33. The minimum Gasteiger partial charge on any atom is -0.389 e. The quantitative estimate of drug-likeness (QED) is 0.791. The first-order valence-corrected chi connectivity index (χ1v) is 8.55. The molecule has 2 fully saturated rings. The number of likely N-dealkylation sites (tertiary alicyclic amines) is 1. The van der Waals surface area contributed by atoms with E-state index in [1.54, 1.807) is 0 Å². The van der Waals surface area contributed by atoms with E-state index in [4.69, 9.17) is 11.2 Å². The SMILES string of the molecule is C#CC1(OC[C@H](O)CN2C[C@@H](C)C[C@H](C)C2)CCCCC1. The standard InChI is InChI=1S/C18H31NO2/c1-4-18(8-6-5-7-9-18)21-14-17(20)13-19-11-15(2)10-16(3)12-19/h1,15-17,20H,5-14H2,2-3H3/t15-,16-,17+/m0/s1. The number of piperidine rings is 1. The Hall–Kier alpha value is -0.560. The maximum Gasteiger partial charge on any atom is 0.128 e. The zero-order valence-corrected chi connectivity index (χ0v) is 13.7. The van der Waals surface area contributed by atoms with Crippen LogP contribution in [0.25, 0.3) is 0 Å². The molecule has 0 bridgehead atoms. The number of hydrogen-bond donors (Lipinski definition) is 1. The fraction of sp³-hybridized carbons (Fsp3) is 0.889. The maximum atomic E-state index is 10.3. The smallest absolute Gasteiger partial charge is 0.128 e. The highest BCUT2D eigenvalue weighted by Crippen LogP contribution is 2.31. The molecule has 120 valence electrons. The largest absolute Gasteiger partial charge is 0.389 e. The van der Waals surface area contributed by atoms with Crippen molar-refractivity contribution in [3.8, 4) is 12.3 Å². The van der Waals surface area contributed by atoms with E-state index < -0.39 is 11.7 Å². The molecular weight excluding hydrogens is 262 g/mol. The maximum absolute atomic E-state index is 10.3. The summed E-state index contributed by atoms with van der Waals surface area (Å²) in [5, 5.41) is 10.3. The summed E-state index contributed by atoms with van der Waals surface area (Å²) in [6, 6.07) is 0. The third-order valence-electron chi connectivity index (χ3n) is 4.89. The van der Waals surface area contributed by atoms with Gasteiger partial charge in [0.05, 0.1) is 12.7 Å². The van der Waals surface area contributed by atoms with Crippen LogP contribution in [0, 0.1) is 24.2 Å². The molecule has 0 unspecified atom stereocenters. The Morgan fingerprint density at radius 1 is 1.24 bits per heavy atom. The summed E-state index contributed by atoms with van der Waals surface area (Å²) in [6.45, 7) is 7.82. The number of terminal acetylenes is 1. The third-order valence-corrected chi connectivity index (χ3v) is 4.89. The Kier molecular flexibility index (Phi) is 6.10. The monoisotopic (exact) mass is 293 g/mol. The van der Waals surface area contributed by atoms with Gasteiger partial charge in [-0.05, 0) is 43.9 Å². The summed E-state index contributed by atoms with van der Waals surface area (Å²) in [7, 11) is 0. The molecule has 1 aliphatic carbocycles. The molecular formula is C18H31NO2. The van der Waals surface area contributed by atoms with Gasteiger partial charge >= 0.3 is 0 Å². The minimum absolute atomic E-state index is 0.365. The van der Waals surface area contributed by atoms with Crippen LogP contribution in [-0.4, -0.2) is 48.0 Å². The van der Waals surface area contributed by atoms with Gasteiger partial charge in [0.1, 0.15) is 5.60 Å². The summed E-state index contributed by atoms with van der Waals surface area (Å²) in [4.78, 5) is 2.37. The van der Waals surface area contributed by atoms with Crippen molar-refractivity contribution >= 4 is 0 Å². The Bertz CT molecular complexity index is 347. The number of aliphatic hydroxyl groups excluding tert-OH is 1. The second-order valence-corrected chi connectivity index (χ2v) is 7.33. The topological polar surface area (TPSA) is 32.7 Å². The second kappa shape index (κ2) is 7.63. The molecule has 2 rings (SSSR count). The summed E-state index contributed by atoms with van der Waals surface area (Å²) >= 11 is 0. The average molecular weight is 293 g/mol. The van der Waals surface area contributed by atoms with Crippen molar-refractivity contribution in [2.24, 2.45) is 11.8 Å². The van der Waals surface area contributed by atoms with Gasteiger partial charge in [0.2, 0.25) is 0 Å². The molecule has 1 saturated carbocycles. The van der Waals surface area contributed by atoms with E-state index in [1.807, 2.05) is 0 Å². The Labute approximate surface area is 130 Å². The van der Waals surface area contributed by atoms with Crippen molar-refractivity contribution in [1.29, 1.82) is 0 Å². The summed E-state index contributed by atoms with van der Waals surface area (Å²) < 4.78 is 5.96. The van der Waals surface area contributed by atoms with Crippen LogP contribution in [-0.2, 0) is 4.74 Å². The third kappa shape index (κ3) is 4.98. The van der Waals surface area contributed by atoms with Crippen molar-refractivity contribution in [3.63, 3.8) is 0 Å². The van der Waals surface area contributed by atoms with Gasteiger partial charge in [0, 0.05) is 19.6 Å². The number of β-amino-alcohol motifs (C(OH)–C–C–N with tert-alkyl or cyclic N) is 1. The molecule has 0 amide bonds. The highest BCUT2D eigenvalue weighted by molar-refractivity contribution is 5.09. The van der Waals surface area contributed by atoms with Crippen LogP contribution >= 0.6 is 0 Å². The van der Waals surface area contributed by atoms with Gasteiger partial charge in [0.15, 0.2) is 0 Å². The predicted octanol–water partition coefficient (Wildman–Crippen LogP) is 2.68. The highest BCUT2D eigenvalue weighted by Gasteiger charge is 2.32. The zero-order chi connectivity index (χ0) is 15.3. The number of nitrogens with zero attached hydrogens (tertiary/aromatic N) is 1. The molecule has 0 radical (unpaired) electrons. The molecule has 2 aliphatic rings. The normalized spacial score (nSPS) is 31.5. The summed E-state index contributed by atoms with van der Waals surface area (Å²) in [5.41, 5.74) is -0.415. The molecule has 1 aliphatic heterocycles. The average Bonchev–Trinajstić information content (AvgIpc) is 2.45. The molecule has 21 heavy (non-hydrogen) atoms. The van der Waals surface area contributed by atoms with Crippen LogP contribution in [0.1, 0.15) is 52.4 Å². The van der Waals surface area contributed by atoms with Crippen LogP contribution in [0.3, 0.4) is 0 Å². The van der Waals surface area contributed by atoms with E-state index in [1.165, 1.54) is 12.8 Å². The fourth-order valence-electron chi connectivity index (χ4n) is 4.00. The lowest BCUT2D eigenvalue weighted by Crippen LogP contribution is -2.45. The number of rotatable bonds is 5. The van der Waals surface area contributed by atoms with Crippen LogP contribution in [0.2, 0.25) is 0 Å². The molecule has 1 N–H and O–H groups in total. The van der Waals surface area contributed by atoms with Crippen molar-refractivity contribution in [3.05, 3.63) is 0 Å². The van der Waals surface area contributed by atoms with Crippen molar-refractivity contribution in [2.45, 2.75) is 64.1 Å². The molecule has 1 heterocycles. The molecule has 3 heteroatoms. The first-order chi connectivity index (χ1) is 10.0. The van der Waals surface area contributed by atoms with Gasteiger partial charge < -0.3 is 14.7 Å². The van der Waals surface area contributed by atoms with Gasteiger partial charge in [-0.15, -0.1) is 6.42 Å². The molecule has 1 saturated heterocycles. The summed E-state index contributed by atoms with van der Waals surface area (Å²) in [6.07, 6.45) is 11.9. The number of hydrogen-bond acceptors (Lipinski definition) is 3. The van der Waals surface area contributed by atoms with E-state index in [9.17, 15) is 5.11 Å². The minimum atomic E-state index is -0.436.